The molecule has 0 radical (unpaired) electrons. The number of nitrogens with zero attached hydrogens (tertiary/aromatic N) is 1. The van der Waals surface area contributed by atoms with E-state index in [1.807, 2.05) is 6.07 Å². The van der Waals surface area contributed by atoms with Crippen LogP contribution in [-0.2, 0) is 6.54 Å². The fraction of sp³-hybridized carbons (Fsp3) is 0.444. The SMILES string of the molecule is CCN(CC)Cc1cccc2c(OCCCN)cccc12. The van der Waals surface area contributed by atoms with Gasteiger partial charge in [0.05, 0.1) is 6.61 Å². The lowest BCUT2D eigenvalue weighted by molar-refractivity contribution is 0.297. The second-order valence-electron chi connectivity index (χ2n) is 5.22. The van der Waals surface area contributed by atoms with Crippen LogP contribution in [0.25, 0.3) is 10.8 Å². The minimum atomic E-state index is 0.665. The summed E-state index contributed by atoms with van der Waals surface area (Å²) in [6.45, 7) is 8.87. The first kappa shape index (κ1) is 15.8. The summed E-state index contributed by atoms with van der Waals surface area (Å²) in [4.78, 5) is 2.43. The molecule has 2 aromatic rings. The molecule has 2 aromatic carbocycles. The lowest BCUT2D eigenvalue weighted by Gasteiger charge is -2.19. The zero-order valence-electron chi connectivity index (χ0n) is 13.1. The molecule has 2 rings (SSSR count). The molecule has 21 heavy (non-hydrogen) atoms. The highest BCUT2D eigenvalue weighted by Crippen LogP contribution is 2.28. The Morgan fingerprint density at radius 2 is 1.71 bits per heavy atom. The number of fused-ring (bicyclic) bond motifs is 1. The highest BCUT2D eigenvalue weighted by molar-refractivity contribution is 5.90. The molecule has 0 atom stereocenters. The maximum absolute atomic E-state index is 5.88. The number of rotatable bonds is 8. The third-order valence-electron chi connectivity index (χ3n) is 3.87. The zero-order chi connectivity index (χ0) is 15.1. The van der Waals surface area contributed by atoms with Gasteiger partial charge in [0.1, 0.15) is 5.75 Å². The van der Waals surface area contributed by atoms with Crippen LogP contribution < -0.4 is 10.5 Å². The molecule has 114 valence electrons. The summed E-state index contributed by atoms with van der Waals surface area (Å²) in [6, 6.07) is 12.8. The fourth-order valence-electron chi connectivity index (χ4n) is 2.56. The van der Waals surface area contributed by atoms with Crippen LogP contribution >= 0.6 is 0 Å². The summed E-state index contributed by atoms with van der Waals surface area (Å²) in [7, 11) is 0. The predicted molar refractivity (Wildman–Crippen MR) is 89.7 cm³/mol. The molecule has 0 unspecified atom stereocenters. The molecular weight excluding hydrogens is 260 g/mol. The Morgan fingerprint density at radius 1 is 1.00 bits per heavy atom. The van der Waals surface area contributed by atoms with E-state index < -0.39 is 0 Å². The molecule has 3 heteroatoms. The van der Waals surface area contributed by atoms with E-state index in [1.54, 1.807) is 0 Å². The van der Waals surface area contributed by atoms with Crippen molar-refractivity contribution in [2.45, 2.75) is 26.8 Å². The Bertz CT molecular complexity index is 564. The molecule has 3 nitrogen and oxygen atoms in total. The normalized spacial score (nSPS) is 11.2. The molecule has 0 bridgehead atoms. The number of nitrogens with two attached hydrogens (primary N) is 1. The molecule has 2 N–H and O–H groups in total. The van der Waals surface area contributed by atoms with E-state index in [0.717, 1.165) is 31.8 Å². The van der Waals surface area contributed by atoms with Crippen LogP contribution in [0.4, 0.5) is 0 Å². The maximum atomic E-state index is 5.88. The highest BCUT2D eigenvalue weighted by atomic mass is 16.5. The molecular formula is C18H26N2O. The minimum absolute atomic E-state index is 0.665. The van der Waals surface area contributed by atoms with Crippen LogP contribution in [0.2, 0.25) is 0 Å². The summed E-state index contributed by atoms with van der Waals surface area (Å²) in [5, 5.41) is 2.48. The number of hydrogen-bond donors (Lipinski definition) is 1. The van der Waals surface area contributed by atoms with Crippen LogP contribution in [0.1, 0.15) is 25.8 Å². The first-order valence-electron chi connectivity index (χ1n) is 7.86. The first-order chi connectivity index (χ1) is 10.3. The molecule has 0 spiro atoms. The van der Waals surface area contributed by atoms with E-state index in [9.17, 15) is 0 Å². The van der Waals surface area contributed by atoms with Crippen LogP contribution in [0.5, 0.6) is 5.75 Å². The van der Waals surface area contributed by atoms with Gasteiger partial charge in [0.15, 0.2) is 0 Å². The van der Waals surface area contributed by atoms with Gasteiger partial charge in [-0.3, -0.25) is 4.90 Å². The number of ether oxygens (including phenoxy) is 1. The van der Waals surface area contributed by atoms with Crippen molar-refractivity contribution in [2.24, 2.45) is 5.73 Å². The lowest BCUT2D eigenvalue weighted by Crippen LogP contribution is -2.22. The third-order valence-corrected chi connectivity index (χ3v) is 3.87. The number of hydrogen-bond acceptors (Lipinski definition) is 3. The van der Waals surface area contributed by atoms with Crippen molar-refractivity contribution >= 4 is 10.8 Å². The number of benzene rings is 2. The van der Waals surface area contributed by atoms with Crippen molar-refractivity contribution in [3.63, 3.8) is 0 Å². The molecule has 0 saturated heterocycles. The largest absolute Gasteiger partial charge is 0.493 e. The van der Waals surface area contributed by atoms with Gasteiger partial charge in [-0.1, -0.05) is 44.2 Å². The maximum Gasteiger partial charge on any atom is 0.127 e. The average molecular weight is 286 g/mol. The fourth-order valence-corrected chi connectivity index (χ4v) is 2.56. The molecule has 0 heterocycles. The van der Waals surface area contributed by atoms with Crippen molar-refractivity contribution in [2.75, 3.05) is 26.2 Å². The van der Waals surface area contributed by atoms with E-state index in [4.69, 9.17) is 10.5 Å². The minimum Gasteiger partial charge on any atom is -0.493 e. The second kappa shape index (κ2) is 8.01. The van der Waals surface area contributed by atoms with Crippen LogP contribution in [0.15, 0.2) is 36.4 Å². The molecule has 0 aliphatic heterocycles. The highest BCUT2D eigenvalue weighted by Gasteiger charge is 2.08. The van der Waals surface area contributed by atoms with Crippen molar-refractivity contribution in [1.29, 1.82) is 0 Å². The van der Waals surface area contributed by atoms with E-state index in [0.29, 0.717) is 13.2 Å². The summed E-state index contributed by atoms with van der Waals surface area (Å²) < 4.78 is 5.88. The Hall–Kier alpha value is -1.58. The molecule has 0 aromatic heterocycles. The van der Waals surface area contributed by atoms with Gasteiger partial charge in [-0.25, -0.2) is 0 Å². The summed E-state index contributed by atoms with van der Waals surface area (Å²) in [6.07, 6.45) is 0.884. The van der Waals surface area contributed by atoms with Gasteiger partial charge in [0.25, 0.3) is 0 Å². The van der Waals surface area contributed by atoms with Crippen molar-refractivity contribution in [1.82, 2.24) is 4.90 Å². The summed E-state index contributed by atoms with van der Waals surface area (Å²) in [5.41, 5.74) is 6.89. The van der Waals surface area contributed by atoms with E-state index in [-0.39, 0.29) is 0 Å². The van der Waals surface area contributed by atoms with Crippen molar-refractivity contribution < 1.29 is 4.74 Å². The van der Waals surface area contributed by atoms with Gasteiger partial charge in [-0.15, -0.1) is 0 Å². The average Bonchev–Trinajstić information content (AvgIpc) is 2.53. The van der Waals surface area contributed by atoms with Crippen LogP contribution in [0.3, 0.4) is 0 Å². The van der Waals surface area contributed by atoms with Gasteiger partial charge < -0.3 is 10.5 Å². The quantitative estimate of drug-likeness (QED) is 0.756. The molecule has 0 aliphatic carbocycles. The molecule has 0 fully saturated rings. The predicted octanol–water partition coefficient (Wildman–Crippen LogP) is 3.41. The van der Waals surface area contributed by atoms with Crippen molar-refractivity contribution in [3.05, 3.63) is 42.0 Å². The second-order valence-corrected chi connectivity index (χ2v) is 5.22. The van der Waals surface area contributed by atoms with Crippen LogP contribution in [-0.4, -0.2) is 31.1 Å². The molecule has 0 aliphatic rings. The summed E-state index contributed by atoms with van der Waals surface area (Å²) in [5.74, 6) is 0.961. The molecule has 0 saturated carbocycles. The van der Waals surface area contributed by atoms with E-state index in [2.05, 4.69) is 49.1 Å². The van der Waals surface area contributed by atoms with Crippen LogP contribution in [0, 0.1) is 0 Å². The smallest absolute Gasteiger partial charge is 0.127 e. The van der Waals surface area contributed by atoms with Gasteiger partial charge in [0.2, 0.25) is 0 Å². The molecule has 0 amide bonds. The standard InChI is InChI=1S/C18H26N2O/c1-3-20(4-2)14-15-8-5-10-17-16(15)9-6-11-18(17)21-13-7-12-19/h5-6,8-11H,3-4,7,12-14,19H2,1-2H3. The topological polar surface area (TPSA) is 38.5 Å². The lowest BCUT2D eigenvalue weighted by atomic mass is 10.0. The summed E-state index contributed by atoms with van der Waals surface area (Å²) >= 11 is 0. The Morgan fingerprint density at radius 3 is 2.43 bits per heavy atom. The van der Waals surface area contributed by atoms with E-state index >= 15 is 0 Å². The Labute approximate surface area is 127 Å². The Balaban J connectivity index is 2.30. The van der Waals surface area contributed by atoms with Crippen molar-refractivity contribution in [3.8, 4) is 5.75 Å². The van der Waals surface area contributed by atoms with Gasteiger partial charge in [-0.2, -0.15) is 0 Å². The Kier molecular flexibility index (Phi) is 6.03. The van der Waals surface area contributed by atoms with E-state index in [1.165, 1.54) is 16.3 Å². The monoisotopic (exact) mass is 286 g/mol. The van der Waals surface area contributed by atoms with Gasteiger partial charge in [0, 0.05) is 11.9 Å². The zero-order valence-corrected chi connectivity index (χ0v) is 13.1. The van der Waals surface area contributed by atoms with Gasteiger partial charge in [-0.05, 0) is 43.1 Å². The van der Waals surface area contributed by atoms with Gasteiger partial charge >= 0.3 is 0 Å². The third kappa shape index (κ3) is 3.96. The first-order valence-corrected chi connectivity index (χ1v) is 7.86.